The molecule has 0 radical (unpaired) electrons. The normalized spacial score (nSPS) is 16.9. The second-order valence-corrected chi connectivity index (χ2v) is 11.7. The van der Waals surface area contributed by atoms with Crippen LogP contribution in [0.25, 0.3) is 10.9 Å². The van der Waals surface area contributed by atoms with Gasteiger partial charge in [0.05, 0.1) is 18.2 Å². The zero-order valence-corrected chi connectivity index (χ0v) is 25.2. The van der Waals surface area contributed by atoms with Crippen LogP contribution < -0.4 is 10.6 Å². The highest BCUT2D eigenvalue weighted by Crippen LogP contribution is 2.26. The van der Waals surface area contributed by atoms with Crippen LogP contribution in [-0.2, 0) is 25.5 Å². The summed E-state index contributed by atoms with van der Waals surface area (Å²) >= 11 is 6.15. The molecule has 0 unspecified atom stereocenters. The Hall–Kier alpha value is -4.39. The van der Waals surface area contributed by atoms with E-state index < -0.39 is 41.3 Å². The fourth-order valence-corrected chi connectivity index (χ4v) is 5.07. The monoisotopic (exact) mass is 610 g/mol. The van der Waals surface area contributed by atoms with Crippen LogP contribution in [0.15, 0.2) is 47.5 Å². The molecule has 1 aliphatic heterocycles. The van der Waals surface area contributed by atoms with E-state index in [1.165, 1.54) is 11.0 Å². The molecule has 0 aliphatic carbocycles. The molecule has 0 spiro atoms. The van der Waals surface area contributed by atoms with E-state index in [-0.39, 0.29) is 29.7 Å². The molecular formula is C29H35ClN8O5. The van der Waals surface area contributed by atoms with Gasteiger partial charge in [-0.15, -0.1) is 5.10 Å². The van der Waals surface area contributed by atoms with E-state index in [0.717, 1.165) is 5.39 Å². The van der Waals surface area contributed by atoms with Gasteiger partial charge >= 0.3 is 5.97 Å². The number of hydrogen-bond acceptors (Lipinski definition) is 9. The Labute approximate surface area is 253 Å². The molecule has 0 saturated carbocycles. The second-order valence-electron chi connectivity index (χ2n) is 11.3. The molecule has 1 aromatic carbocycles. The molecule has 3 heterocycles. The van der Waals surface area contributed by atoms with E-state index in [1.807, 2.05) is 45.0 Å². The Balaban J connectivity index is 1.51. The summed E-state index contributed by atoms with van der Waals surface area (Å²) in [5.74, 6) is -1.69. The number of pyridine rings is 1. The van der Waals surface area contributed by atoms with Crippen molar-refractivity contribution in [2.75, 3.05) is 13.2 Å². The Bertz CT molecular complexity index is 1500. The predicted molar refractivity (Wildman–Crippen MR) is 158 cm³/mol. The number of hydrogen-bond donors (Lipinski definition) is 3. The highest BCUT2D eigenvalue weighted by atomic mass is 35.5. The van der Waals surface area contributed by atoms with E-state index in [1.54, 1.807) is 19.1 Å². The number of benzene rings is 1. The van der Waals surface area contributed by atoms with E-state index >= 15 is 0 Å². The molecule has 1 saturated heterocycles. The first-order chi connectivity index (χ1) is 20.5. The van der Waals surface area contributed by atoms with Crippen LogP contribution in [0, 0.1) is 5.41 Å². The molecule has 3 amide bonds. The molecule has 3 aromatic rings. The number of aromatic nitrogens is 5. The summed E-state index contributed by atoms with van der Waals surface area (Å²) in [6, 6.07) is 8.34. The zero-order valence-electron chi connectivity index (χ0n) is 24.5. The SMILES string of the molecule is CCOC(=O)/C(Cl)=C/[C@H](Cc1nnn[nH]1)NC(=O)[C@H]1CCCN1C(=O)[C@@H](NC(=O)c1ccc2ccccc2n1)C(C)(C)C. The standard InChI is InChI=1S/C29H35ClN8O5/c1-5-43-28(42)19(30)15-18(16-23-34-36-37-35-23)31-26(40)22-11-8-14-38(22)27(41)24(29(2,3)4)33-25(39)21-13-12-17-9-6-7-10-20(17)32-21/h6-7,9-10,12-13,15,18,22,24H,5,8,11,14,16H2,1-4H3,(H,31,40)(H,33,39)(H,34,35,36,37)/b19-15-/t18-,22-,24-/m1/s1. The lowest BCUT2D eigenvalue weighted by Gasteiger charge is -2.35. The minimum Gasteiger partial charge on any atom is -0.462 e. The lowest BCUT2D eigenvalue weighted by molar-refractivity contribution is -0.142. The summed E-state index contributed by atoms with van der Waals surface area (Å²) in [5.41, 5.74) is 0.176. The first-order valence-electron chi connectivity index (χ1n) is 14.0. The average Bonchev–Trinajstić information content (AvgIpc) is 3.67. The summed E-state index contributed by atoms with van der Waals surface area (Å²) in [6.07, 6.45) is 2.47. The summed E-state index contributed by atoms with van der Waals surface area (Å²) in [4.78, 5) is 58.9. The maximum atomic E-state index is 14.0. The molecule has 14 heteroatoms. The van der Waals surface area contributed by atoms with Gasteiger partial charge in [-0.05, 0) is 53.8 Å². The van der Waals surface area contributed by atoms with Gasteiger partial charge in [-0.1, -0.05) is 56.6 Å². The smallest absolute Gasteiger partial charge is 0.349 e. The number of nitrogens with zero attached hydrogens (tertiary/aromatic N) is 5. The van der Waals surface area contributed by atoms with Gasteiger partial charge in [0.2, 0.25) is 11.8 Å². The van der Waals surface area contributed by atoms with Crippen molar-refractivity contribution in [1.82, 2.24) is 41.1 Å². The van der Waals surface area contributed by atoms with Crippen LogP contribution in [0.1, 0.15) is 56.8 Å². The van der Waals surface area contributed by atoms with Crippen LogP contribution in [0.4, 0.5) is 0 Å². The molecule has 2 aromatic heterocycles. The van der Waals surface area contributed by atoms with Gasteiger partial charge in [-0.3, -0.25) is 14.4 Å². The van der Waals surface area contributed by atoms with E-state index in [9.17, 15) is 19.2 Å². The second kappa shape index (κ2) is 13.7. The highest BCUT2D eigenvalue weighted by molar-refractivity contribution is 6.41. The number of tetrazole rings is 1. The largest absolute Gasteiger partial charge is 0.462 e. The van der Waals surface area contributed by atoms with Gasteiger partial charge in [0.25, 0.3) is 5.91 Å². The summed E-state index contributed by atoms with van der Waals surface area (Å²) in [7, 11) is 0. The lowest BCUT2D eigenvalue weighted by Crippen LogP contribution is -2.58. The van der Waals surface area contributed by atoms with Gasteiger partial charge in [0, 0.05) is 18.4 Å². The van der Waals surface area contributed by atoms with E-state index in [0.29, 0.717) is 30.7 Å². The number of likely N-dealkylation sites (tertiary alicyclic amines) is 1. The van der Waals surface area contributed by atoms with Crippen molar-refractivity contribution in [2.24, 2.45) is 5.41 Å². The Morgan fingerprint density at radius 2 is 1.93 bits per heavy atom. The molecule has 0 bridgehead atoms. The van der Waals surface area contributed by atoms with Crippen molar-refractivity contribution < 1.29 is 23.9 Å². The lowest BCUT2D eigenvalue weighted by atomic mass is 9.85. The fourth-order valence-electron chi connectivity index (χ4n) is 4.86. The summed E-state index contributed by atoms with van der Waals surface area (Å²) < 4.78 is 4.94. The number of esters is 1. The third-order valence-corrected chi connectivity index (χ3v) is 7.29. The van der Waals surface area contributed by atoms with Crippen LogP contribution >= 0.6 is 11.6 Å². The number of rotatable bonds is 10. The van der Waals surface area contributed by atoms with Crippen molar-refractivity contribution in [2.45, 2.75) is 65.1 Å². The molecule has 43 heavy (non-hydrogen) atoms. The van der Waals surface area contributed by atoms with Crippen LogP contribution in [-0.4, -0.2) is 85.5 Å². The first-order valence-corrected chi connectivity index (χ1v) is 14.4. The Morgan fingerprint density at radius 1 is 1.16 bits per heavy atom. The molecular weight excluding hydrogens is 576 g/mol. The van der Waals surface area contributed by atoms with Crippen molar-refractivity contribution in [1.29, 1.82) is 0 Å². The van der Waals surface area contributed by atoms with Crippen molar-refractivity contribution >= 4 is 46.2 Å². The van der Waals surface area contributed by atoms with Crippen molar-refractivity contribution in [3.05, 3.63) is 59.0 Å². The minimum absolute atomic E-state index is 0.106. The Kier molecular flexibility index (Phi) is 10.1. The summed E-state index contributed by atoms with van der Waals surface area (Å²) in [6.45, 7) is 7.66. The number of para-hydroxylation sites is 1. The number of amides is 3. The van der Waals surface area contributed by atoms with Gasteiger partial charge in [-0.2, -0.15) is 0 Å². The van der Waals surface area contributed by atoms with Crippen LogP contribution in [0.3, 0.4) is 0 Å². The van der Waals surface area contributed by atoms with E-state index in [2.05, 4.69) is 36.2 Å². The number of ether oxygens (including phenoxy) is 1. The number of H-pyrrole nitrogens is 1. The number of halogens is 1. The number of carbonyl (C=O) groups excluding carboxylic acids is 4. The summed E-state index contributed by atoms with van der Waals surface area (Å²) in [5, 5.41) is 20.0. The third kappa shape index (κ3) is 7.92. The molecule has 3 atom stereocenters. The average molecular weight is 611 g/mol. The molecule has 1 aliphatic rings. The quantitative estimate of drug-likeness (QED) is 0.230. The topological polar surface area (TPSA) is 172 Å². The molecule has 4 rings (SSSR count). The van der Waals surface area contributed by atoms with Gasteiger partial charge in [0.1, 0.15) is 22.8 Å². The maximum Gasteiger partial charge on any atom is 0.349 e. The molecule has 1 fully saturated rings. The number of nitrogens with one attached hydrogen (secondary N) is 3. The van der Waals surface area contributed by atoms with Crippen molar-refractivity contribution in [3.8, 4) is 0 Å². The van der Waals surface area contributed by atoms with Gasteiger partial charge < -0.3 is 20.3 Å². The molecule has 228 valence electrons. The number of aromatic amines is 1. The Morgan fingerprint density at radius 3 is 2.63 bits per heavy atom. The van der Waals surface area contributed by atoms with Gasteiger partial charge in [-0.25, -0.2) is 14.9 Å². The maximum absolute atomic E-state index is 14.0. The van der Waals surface area contributed by atoms with Crippen molar-refractivity contribution in [3.63, 3.8) is 0 Å². The minimum atomic E-state index is -0.934. The number of fused-ring (bicyclic) bond motifs is 1. The predicted octanol–water partition coefficient (Wildman–Crippen LogP) is 2.30. The van der Waals surface area contributed by atoms with Crippen LogP contribution in [0.5, 0.6) is 0 Å². The first kappa shape index (κ1) is 31.5. The van der Waals surface area contributed by atoms with Gasteiger partial charge in [0.15, 0.2) is 5.82 Å². The highest BCUT2D eigenvalue weighted by Gasteiger charge is 2.42. The van der Waals surface area contributed by atoms with Crippen LogP contribution in [0.2, 0.25) is 0 Å². The third-order valence-electron chi connectivity index (χ3n) is 7.01. The number of carbonyl (C=O) groups is 4. The molecule has 3 N–H and O–H groups in total. The molecule has 13 nitrogen and oxygen atoms in total. The fraction of sp³-hybridized carbons (Fsp3) is 0.448. The van der Waals surface area contributed by atoms with E-state index in [4.69, 9.17) is 16.3 Å². The zero-order chi connectivity index (χ0) is 31.1.